The van der Waals surface area contributed by atoms with Gasteiger partial charge in [-0.1, -0.05) is 29.8 Å². The van der Waals surface area contributed by atoms with E-state index in [2.05, 4.69) is 5.10 Å². The summed E-state index contributed by atoms with van der Waals surface area (Å²) in [6, 6.07) is 7.53. The molecule has 1 aliphatic rings. The second-order valence-electron chi connectivity index (χ2n) is 6.01. The van der Waals surface area contributed by atoms with Gasteiger partial charge in [0, 0.05) is 24.3 Å². The molecule has 2 N–H and O–H groups in total. The van der Waals surface area contributed by atoms with Crippen LogP contribution in [0.15, 0.2) is 36.7 Å². The van der Waals surface area contributed by atoms with Crippen molar-refractivity contribution in [1.29, 1.82) is 0 Å². The van der Waals surface area contributed by atoms with Crippen LogP contribution in [0.4, 0.5) is 0 Å². The number of amides is 2. The van der Waals surface area contributed by atoms with Gasteiger partial charge in [0.2, 0.25) is 5.91 Å². The predicted octanol–water partition coefficient (Wildman–Crippen LogP) is 1.92. The number of likely N-dealkylation sites (tertiary alicyclic amines) is 1. The number of piperidine rings is 1. The van der Waals surface area contributed by atoms with Crippen LogP contribution in [-0.4, -0.2) is 39.6 Å². The van der Waals surface area contributed by atoms with Crippen molar-refractivity contribution < 1.29 is 9.59 Å². The molecule has 24 heavy (non-hydrogen) atoms. The lowest BCUT2D eigenvalue weighted by Crippen LogP contribution is -2.44. The lowest BCUT2D eigenvalue weighted by Gasteiger charge is -2.30. The maximum Gasteiger partial charge on any atom is 0.257 e. The van der Waals surface area contributed by atoms with Gasteiger partial charge in [-0.3, -0.25) is 14.3 Å². The first-order valence-electron chi connectivity index (χ1n) is 7.89. The monoisotopic (exact) mass is 346 g/mol. The second kappa shape index (κ2) is 7.05. The molecule has 2 heterocycles. The molecule has 0 spiro atoms. The first-order valence-corrected chi connectivity index (χ1v) is 8.27. The van der Waals surface area contributed by atoms with Gasteiger partial charge in [0.15, 0.2) is 0 Å². The van der Waals surface area contributed by atoms with E-state index in [1.807, 2.05) is 24.3 Å². The van der Waals surface area contributed by atoms with Gasteiger partial charge < -0.3 is 10.6 Å². The van der Waals surface area contributed by atoms with E-state index in [1.54, 1.807) is 22.0 Å². The Labute approximate surface area is 145 Å². The van der Waals surface area contributed by atoms with E-state index in [0.717, 1.165) is 18.4 Å². The number of primary amides is 1. The van der Waals surface area contributed by atoms with Crippen LogP contribution in [0.2, 0.25) is 5.02 Å². The molecule has 0 bridgehead atoms. The summed E-state index contributed by atoms with van der Waals surface area (Å²) < 4.78 is 1.68. The molecule has 1 aliphatic heterocycles. The Hall–Kier alpha value is -2.34. The number of carbonyl (C=O) groups excluding carboxylic acids is 2. The smallest absolute Gasteiger partial charge is 0.257 e. The highest BCUT2D eigenvalue weighted by Gasteiger charge is 2.28. The molecule has 0 aliphatic carbocycles. The fourth-order valence-corrected chi connectivity index (χ4v) is 3.13. The highest BCUT2D eigenvalue weighted by molar-refractivity contribution is 6.31. The van der Waals surface area contributed by atoms with Crippen LogP contribution in [-0.2, 0) is 11.3 Å². The minimum atomic E-state index is -0.345. The summed E-state index contributed by atoms with van der Waals surface area (Å²) in [5, 5.41) is 4.91. The number of nitrogens with two attached hydrogens (primary N) is 1. The molecule has 0 unspecified atom stereocenters. The first kappa shape index (κ1) is 16.5. The number of rotatable bonds is 4. The molecule has 1 fully saturated rings. The van der Waals surface area contributed by atoms with E-state index < -0.39 is 0 Å². The molecule has 0 saturated carbocycles. The van der Waals surface area contributed by atoms with Gasteiger partial charge in [-0.05, 0) is 24.5 Å². The summed E-state index contributed by atoms with van der Waals surface area (Å²) >= 11 is 6.15. The fourth-order valence-electron chi connectivity index (χ4n) is 2.94. The van der Waals surface area contributed by atoms with Crippen LogP contribution in [0.25, 0.3) is 0 Å². The molecule has 2 amide bonds. The Morgan fingerprint density at radius 3 is 2.88 bits per heavy atom. The summed E-state index contributed by atoms with van der Waals surface area (Å²) in [6.07, 6.45) is 4.78. The normalized spacial score (nSPS) is 17.7. The zero-order valence-electron chi connectivity index (χ0n) is 13.2. The van der Waals surface area contributed by atoms with Gasteiger partial charge in [-0.25, -0.2) is 0 Å². The fraction of sp³-hybridized carbons (Fsp3) is 0.353. The van der Waals surface area contributed by atoms with Crippen molar-refractivity contribution in [1.82, 2.24) is 14.7 Å². The Bertz CT molecular complexity index is 759. The largest absolute Gasteiger partial charge is 0.369 e. The molecule has 1 atom stereocenters. The molecule has 3 rings (SSSR count). The highest BCUT2D eigenvalue weighted by Crippen LogP contribution is 2.19. The summed E-state index contributed by atoms with van der Waals surface area (Å²) in [4.78, 5) is 25.6. The molecule has 6 nitrogen and oxygen atoms in total. The van der Waals surface area contributed by atoms with Crippen LogP contribution < -0.4 is 5.73 Å². The number of benzene rings is 1. The van der Waals surface area contributed by atoms with E-state index in [4.69, 9.17) is 17.3 Å². The van der Waals surface area contributed by atoms with E-state index in [1.165, 1.54) is 0 Å². The van der Waals surface area contributed by atoms with Crippen LogP contribution >= 0.6 is 11.6 Å². The zero-order valence-corrected chi connectivity index (χ0v) is 13.9. The summed E-state index contributed by atoms with van der Waals surface area (Å²) in [7, 11) is 0. The van der Waals surface area contributed by atoms with Crippen molar-refractivity contribution in [2.24, 2.45) is 11.7 Å². The summed E-state index contributed by atoms with van der Waals surface area (Å²) in [5.74, 6) is -0.728. The molecule has 2 aromatic rings. The predicted molar refractivity (Wildman–Crippen MR) is 90.6 cm³/mol. The highest BCUT2D eigenvalue weighted by atomic mass is 35.5. The Morgan fingerprint density at radius 2 is 2.12 bits per heavy atom. The van der Waals surface area contributed by atoms with Crippen molar-refractivity contribution in [3.05, 3.63) is 52.8 Å². The number of nitrogens with zero attached hydrogens (tertiary/aromatic N) is 3. The van der Waals surface area contributed by atoms with Gasteiger partial charge in [0.05, 0.1) is 24.2 Å². The average molecular weight is 347 g/mol. The van der Waals surface area contributed by atoms with Crippen molar-refractivity contribution in [2.45, 2.75) is 19.4 Å². The standard InChI is InChI=1S/C17H19ClN4O2/c18-15-6-2-1-4-12(15)10-22-11-14(8-20-22)17(24)21-7-3-5-13(9-21)16(19)23/h1-2,4,6,8,11,13H,3,5,7,9-10H2,(H2,19,23)/t13-/m1/s1. The van der Waals surface area contributed by atoms with E-state index in [0.29, 0.717) is 30.2 Å². The molecular formula is C17H19ClN4O2. The molecular weight excluding hydrogens is 328 g/mol. The maximum atomic E-state index is 12.6. The Kier molecular flexibility index (Phi) is 4.85. The minimum Gasteiger partial charge on any atom is -0.369 e. The molecule has 1 saturated heterocycles. The number of halogens is 1. The van der Waals surface area contributed by atoms with Crippen molar-refractivity contribution in [2.75, 3.05) is 13.1 Å². The van der Waals surface area contributed by atoms with Crippen LogP contribution in [0.3, 0.4) is 0 Å². The van der Waals surface area contributed by atoms with Gasteiger partial charge >= 0.3 is 0 Å². The van der Waals surface area contributed by atoms with E-state index in [-0.39, 0.29) is 17.7 Å². The van der Waals surface area contributed by atoms with Gasteiger partial charge in [0.25, 0.3) is 5.91 Å². The minimum absolute atomic E-state index is 0.119. The lowest BCUT2D eigenvalue weighted by atomic mass is 9.97. The molecule has 0 radical (unpaired) electrons. The van der Waals surface area contributed by atoms with Crippen molar-refractivity contribution in [3.63, 3.8) is 0 Å². The maximum absolute atomic E-state index is 12.6. The summed E-state index contributed by atoms with van der Waals surface area (Å²) in [6.45, 7) is 1.51. The Morgan fingerprint density at radius 1 is 1.33 bits per heavy atom. The molecule has 7 heteroatoms. The number of hydrogen-bond acceptors (Lipinski definition) is 3. The summed E-state index contributed by atoms with van der Waals surface area (Å²) in [5.41, 5.74) is 6.81. The molecule has 126 valence electrons. The van der Waals surface area contributed by atoms with Crippen LogP contribution in [0.1, 0.15) is 28.8 Å². The van der Waals surface area contributed by atoms with E-state index >= 15 is 0 Å². The van der Waals surface area contributed by atoms with E-state index in [9.17, 15) is 9.59 Å². The SMILES string of the molecule is NC(=O)[C@@H]1CCCN(C(=O)c2cnn(Cc3ccccc3Cl)c2)C1. The second-order valence-corrected chi connectivity index (χ2v) is 6.42. The number of carbonyl (C=O) groups is 2. The topological polar surface area (TPSA) is 81.2 Å². The molecule has 1 aromatic carbocycles. The zero-order chi connectivity index (χ0) is 17.1. The Balaban J connectivity index is 1.70. The third-order valence-corrected chi connectivity index (χ3v) is 4.65. The van der Waals surface area contributed by atoms with Crippen molar-refractivity contribution >= 4 is 23.4 Å². The lowest BCUT2D eigenvalue weighted by molar-refractivity contribution is -0.123. The number of hydrogen-bond donors (Lipinski definition) is 1. The van der Waals surface area contributed by atoms with Crippen LogP contribution in [0.5, 0.6) is 0 Å². The van der Waals surface area contributed by atoms with Crippen molar-refractivity contribution in [3.8, 4) is 0 Å². The first-order chi connectivity index (χ1) is 11.5. The van der Waals surface area contributed by atoms with Gasteiger partial charge in [0.1, 0.15) is 0 Å². The van der Waals surface area contributed by atoms with Crippen LogP contribution in [0, 0.1) is 5.92 Å². The quantitative estimate of drug-likeness (QED) is 0.918. The third kappa shape index (κ3) is 3.59. The molecule has 1 aromatic heterocycles. The number of aromatic nitrogens is 2. The van der Waals surface area contributed by atoms with Gasteiger partial charge in [-0.15, -0.1) is 0 Å². The average Bonchev–Trinajstić information content (AvgIpc) is 3.05. The van der Waals surface area contributed by atoms with Gasteiger partial charge in [-0.2, -0.15) is 5.10 Å². The third-order valence-electron chi connectivity index (χ3n) is 4.28.